The second-order valence-electron chi connectivity index (χ2n) is 9.39. The minimum atomic E-state index is -0.668. The highest BCUT2D eigenvalue weighted by Gasteiger charge is 2.37. The van der Waals surface area contributed by atoms with E-state index in [0.717, 1.165) is 11.4 Å². The van der Waals surface area contributed by atoms with Gasteiger partial charge in [-0.25, -0.2) is 9.78 Å². The van der Waals surface area contributed by atoms with Crippen LogP contribution in [-0.2, 0) is 4.74 Å². The van der Waals surface area contributed by atoms with Crippen molar-refractivity contribution in [1.82, 2.24) is 14.9 Å². The Morgan fingerprint density at radius 1 is 1.17 bits per heavy atom. The second kappa shape index (κ2) is 9.61. The van der Waals surface area contributed by atoms with Gasteiger partial charge in [-0.3, -0.25) is 10.2 Å². The topological polar surface area (TPSA) is 132 Å². The lowest BCUT2D eigenvalue weighted by molar-refractivity contribution is 0.00693. The molecule has 9 nitrogen and oxygen atoms in total. The molecular weight excluding hydrogens is 446 g/mol. The number of fused-ring (bicyclic) bond motifs is 1. The zero-order chi connectivity index (χ0) is 25.2. The Kier molecular flexibility index (Phi) is 6.59. The molecule has 3 aromatic rings. The van der Waals surface area contributed by atoms with Gasteiger partial charge in [0.15, 0.2) is 6.10 Å². The van der Waals surface area contributed by atoms with Crippen molar-refractivity contribution in [3.63, 3.8) is 0 Å². The number of pyridine rings is 1. The van der Waals surface area contributed by atoms with E-state index in [1.807, 2.05) is 49.9 Å². The van der Waals surface area contributed by atoms with Crippen molar-refractivity contribution >= 4 is 17.7 Å². The molecule has 2 atom stereocenters. The van der Waals surface area contributed by atoms with Gasteiger partial charge in [-0.2, -0.15) is 0 Å². The van der Waals surface area contributed by atoms with E-state index in [1.165, 1.54) is 6.20 Å². The van der Waals surface area contributed by atoms with E-state index in [-0.39, 0.29) is 17.7 Å². The normalized spacial score (nSPS) is 16.8. The number of rotatable bonds is 7. The lowest BCUT2D eigenvalue weighted by Crippen LogP contribution is -2.36. The summed E-state index contributed by atoms with van der Waals surface area (Å²) in [6, 6.07) is 12.4. The predicted molar refractivity (Wildman–Crippen MR) is 131 cm³/mol. The van der Waals surface area contributed by atoms with Crippen LogP contribution in [0.4, 0.5) is 0 Å². The summed E-state index contributed by atoms with van der Waals surface area (Å²) < 4.78 is 13.2. The molecule has 35 heavy (non-hydrogen) atoms. The smallest absolute Gasteiger partial charge is 0.338 e. The maximum absolute atomic E-state index is 12.6. The Hall–Kier alpha value is -4.14. The Balaban J connectivity index is 1.43. The van der Waals surface area contributed by atoms with Crippen LogP contribution in [0.15, 0.2) is 61.1 Å². The van der Waals surface area contributed by atoms with Gasteiger partial charge in [0, 0.05) is 36.6 Å². The summed E-state index contributed by atoms with van der Waals surface area (Å²) in [7, 11) is 0. The highest BCUT2D eigenvalue weighted by atomic mass is 16.6. The minimum absolute atomic E-state index is 0.110. The summed E-state index contributed by atoms with van der Waals surface area (Å²) in [6.07, 6.45) is 5.09. The average molecular weight is 476 g/mol. The summed E-state index contributed by atoms with van der Waals surface area (Å²) in [5.74, 6) is 0.197. The molecule has 0 bridgehead atoms. The number of carbonyl (C=O) groups excluding carboxylic acids is 2. The molecule has 2 unspecified atom stereocenters. The molecule has 4 N–H and O–H groups in total. The van der Waals surface area contributed by atoms with Crippen LogP contribution >= 0.6 is 0 Å². The lowest BCUT2D eigenvalue weighted by atomic mass is 9.90. The van der Waals surface area contributed by atoms with Gasteiger partial charge in [-0.05, 0) is 69.7 Å². The Morgan fingerprint density at radius 3 is 2.51 bits per heavy atom. The highest BCUT2D eigenvalue weighted by Crippen LogP contribution is 2.41. The molecule has 1 amide bonds. The zero-order valence-electron chi connectivity index (χ0n) is 19.9. The largest absolute Gasteiger partial charge is 0.482 e. The van der Waals surface area contributed by atoms with Crippen molar-refractivity contribution in [2.75, 3.05) is 6.54 Å². The molecule has 4 rings (SSSR count). The SMILES string of the molecule is CC(C)(C)OC(=O)c1ccc2c(c1)C(CCNC(=O)c1ccc(-n3cccc3)nc1)C(C(=N)N)O2. The second-order valence-corrected chi connectivity index (χ2v) is 9.39. The molecule has 0 spiro atoms. The molecule has 2 aromatic heterocycles. The Labute approximate surface area is 203 Å². The first-order chi connectivity index (χ1) is 16.6. The first-order valence-electron chi connectivity index (χ1n) is 11.4. The van der Waals surface area contributed by atoms with Crippen LogP contribution in [0.25, 0.3) is 5.82 Å². The number of hydrogen-bond donors (Lipinski definition) is 3. The molecule has 0 saturated heterocycles. The van der Waals surface area contributed by atoms with E-state index in [2.05, 4.69) is 10.3 Å². The molecule has 1 aliphatic heterocycles. The third kappa shape index (κ3) is 5.51. The van der Waals surface area contributed by atoms with Crippen molar-refractivity contribution in [2.24, 2.45) is 5.73 Å². The number of nitrogens with two attached hydrogens (primary N) is 1. The minimum Gasteiger partial charge on any atom is -0.482 e. The van der Waals surface area contributed by atoms with Crippen molar-refractivity contribution in [3.05, 3.63) is 77.7 Å². The van der Waals surface area contributed by atoms with Gasteiger partial charge < -0.3 is 25.1 Å². The van der Waals surface area contributed by atoms with Crippen molar-refractivity contribution in [3.8, 4) is 11.6 Å². The number of amidine groups is 1. The van der Waals surface area contributed by atoms with Crippen LogP contribution in [-0.4, -0.2) is 45.5 Å². The maximum Gasteiger partial charge on any atom is 0.338 e. The first kappa shape index (κ1) is 24.0. The number of esters is 1. The van der Waals surface area contributed by atoms with Crippen LogP contribution in [0.3, 0.4) is 0 Å². The van der Waals surface area contributed by atoms with E-state index < -0.39 is 17.7 Å². The summed E-state index contributed by atoms with van der Waals surface area (Å²) in [4.78, 5) is 29.5. The monoisotopic (exact) mass is 475 g/mol. The van der Waals surface area contributed by atoms with Crippen LogP contribution < -0.4 is 15.8 Å². The summed E-state index contributed by atoms with van der Waals surface area (Å²) in [6.45, 7) is 5.75. The quantitative estimate of drug-likeness (QED) is 0.272. The average Bonchev–Trinajstić information content (AvgIpc) is 3.46. The molecule has 1 aliphatic rings. The van der Waals surface area contributed by atoms with Crippen molar-refractivity contribution in [2.45, 2.75) is 44.8 Å². The number of benzene rings is 1. The summed E-state index contributed by atoms with van der Waals surface area (Å²) in [5, 5.41) is 10.8. The molecule has 3 heterocycles. The van der Waals surface area contributed by atoms with Crippen LogP contribution in [0, 0.1) is 5.41 Å². The first-order valence-corrected chi connectivity index (χ1v) is 11.4. The number of nitrogens with zero attached hydrogens (tertiary/aromatic N) is 2. The van der Waals surface area contributed by atoms with E-state index in [1.54, 1.807) is 30.3 Å². The number of aromatic nitrogens is 2. The number of ether oxygens (including phenoxy) is 2. The standard InChI is InChI=1S/C26H29N5O4/c1-26(2,3)35-25(33)16-6-8-20-19(14-16)18(22(34-20)23(27)28)10-11-29-24(32)17-7-9-21(30-15-17)31-12-4-5-13-31/h4-9,12-15,18,22H,10-11H2,1-3H3,(H3,27,28)(H,29,32). The Bertz CT molecular complexity index is 1230. The molecule has 1 aromatic carbocycles. The van der Waals surface area contributed by atoms with Gasteiger partial charge in [0.1, 0.15) is 23.0 Å². The van der Waals surface area contributed by atoms with Crippen molar-refractivity contribution < 1.29 is 19.1 Å². The van der Waals surface area contributed by atoms with Crippen LogP contribution in [0.5, 0.6) is 5.75 Å². The summed E-state index contributed by atoms with van der Waals surface area (Å²) >= 11 is 0. The van der Waals surface area contributed by atoms with E-state index >= 15 is 0 Å². The van der Waals surface area contributed by atoms with Crippen molar-refractivity contribution in [1.29, 1.82) is 5.41 Å². The van der Waals surface area contributed by atoms with Gasteiger partial charge in [-0.15, -0.1) is 0 Å². The fourth-order valence-corrected chi connectivity index (χ4v) is 3.98. The van der Waals surface area contributed by atoms with E-state index in [4.69, 9.17) is 20.6 Å². The van der Waals surface area contributed by atoms with E-state index in [9.17, 15) is 9.59 Å². The molecular formula is C26H29N5O4. The van der Waals surface area contributed by atoms with Crippen LogP contribution in [0.1, 0.15) is 59.4 Å². The molecule has 0 saturated carbocycles. The molecule has 0 radical (unpaired) electrons. The molecule has 0 fully saturated rings. The van der Waals surface area contributed by atoms with Gasteiger partial charge in [0.25, 0.3) is 5.91 Å². The number of hydrogen-bond acceptors (Lipinski definition) is 6. The molecule has 182 valence electrons. The third-order valence-electron chi connectivity index (χ3n) is 5.59. The number of carbonyl (C=O) groups is 2. The zero-order valence-corrected chi connectivity index (χ0v) is 19.9. The Morgan fingerprint density at radius 2 is 1.89 bits per heavy atom. The maximum atomic E-state index is 12.6. The fourth-order valence-electron chi connectivity index (χ4n) is 3.98. The highest BCUT2D eigenvalue weighted by molar-refractivity contribution is 5.94. The van der Waals surface area contributed by atoms with E-state index in [0.29, 0.717) is 29.8 Å². The lowest BCUT2D eigenvalue weighted by Gasteiger charge is -2.20. The van der Waals surface area contributed by atoms with Gasteiger partial charge in [-0.1, -0.05) is 0 Å². The third-order valence-corrected chi connectivity index (χ3v) is 5.59. The molecule has 9 heteroatoms. The number of nitrogens with one attached hydrogen (secondary N) is 2. The molecule has 0 aliphatic carbocycles. The fraction of sp³-hybridized carbons (Fsp3) is 0.308. The van der Waals surface area contributed by atoms with Gasteiger partial charge in [0.05, 0.1) is 11.1 Å². The number of amides is 1. The van der Waals surface area contributed by atoms with Gasteiger partial charge >= 0.3 is 5.97 Å². The predicted octanol–water partition coefficient (Wildman–Crippen LogP) is 3.43. The van der Waals surface area contributed by atoms with Crippen LogP contribution in [0.2, 0.25) is 0 Å². The summed E-state index contributed by atoms with van der Waals surface area (Å²) in [5.41, 5.74) is 6.78. The van der Waals surface area contributed by atoms with Gasteiger partial charge in [0.2, 0.25) is 0 Å².